The summed E-state index contributed by atoms with van der Waals surface area (Å²) in [5.41, 5.74) is -0.213. The van der Waals surface area contributed by atoms with Crippen molar-refractivity contribution in [3.05, 3.63) is 12.2 Å². The quantitative estimate of drug-likeness (QED) is 0.387. The van der Waals surface area contributed by atoms with Crippen LogP contribution in [0.25, 0.3) is 0 Å². The van der Waals surface area contributed by atoms with E-state index in [1.807, 2.05) is 6.92 Å². The molecule has 2 bridgehead atoms. The van der Waals surface area contributed by atoms with Crippen LogP contribution in [0.4, 0.5) is 0 Å². The number of fused-ring (bicyclic) bond motifs is 2. The molecule has 0 aromatic carbocycles. The maximum atomic E-state index is 12.0. The van der Waals surface area contributed by atoms with Crippen LogP contribution in [0.2, 0.25) is 0 Å². The highest BCUT2D eigenvalue weighted by Crippen LogP contribution is 2.59. The molecule has 5 aliphatic rings. The monoisotopic (exact) mass is 280 g/mol. The Bertz CT molecular complexity index is 489. The standard InChI is InChI=1S/C15H20O5/c1-8-4-5-11-9(2)12(16)17-13-15(11)10(8)6-7-14(3,18-13)19-20-15/h8,10-11,13H,2,4-7H2,1,3H3/t8-,10+,11+,13?,14+,15-/m1/s1. The summed E-state index contributed by atoms with van der Waals surface area (Å²) >= 11 is 0. The van der Waals surface area contributed by atoms with E-state index in [1.54, 1.807) is 0 Å². The summed E-state index contributed by atoms with van der Waals surface area (Å²) in [5, 5.41) is 0. The van der Waals surface area contributed by atoms with Gasteiger partial charge in [-0.2, -0.15) is 0 Å². The molecule has 4 saturated heterocycles. The molecule has 20 heavy (non-hydrogen) atoms. The molecule has 1 aliphatic carbocycles. The fraction of sp³-hybridized carbons (Fsp3) is 0.800. The largest absolute Gasteiger partial charge is 0.429 e. The lowest BCUT2D eigenvalue weighted by Crippen LogP contribution is -2.68. The molecule has 5 heteroatoms. The Morgan fingerprint density at radius 2 is 2.05 bits per heavy atom. The molecule has 0 amide bonds. The first-order valence-corrected chi connectivity index (χ1v) is 7.41. The number of esters is 1. The SMILES string of the molecule is C=C1C(=O)OC2O[C@]3(C)CC[C@H]4[C@H](C)CC[C@@H]1[C@@]24OO3. The van der Waals surface area contributed by atoms with E-state index in [9.17, 15) is 4.79 Å². The average molecular weight is 280 g/mol. The first kappa shape index (κ1) is 12.8. The van der Waals surface area contributed by atoms with Crippen molar-refractivity contribution in [3.63, 3.8) is 0 Å². The van der Waals surface area contributed by atoms with Gasteiger partial charge in [-0.25, -0.2) is 14.6 Å². The Morgan fingerprint density at radius 3 is 2.85 bits per heavy atom. The van der Waals surface area contributed by atoms with Crippen LogP contribution in [0.5, 0.6) is 0 Å². The Labute approximate surface area is 118 Å². The second kappa shape index (κ2) is 3.84. The van der Waals surface area contributed by atoms with E-state index in [0.717, 1.165) is 25.7 Å². The molecule has 4 aliphatic heterocycles. The third kappa shape index (κ3) is 1.41. The van der Waals surface area contributed by atoms with Gasteiger partial charge in [0.1, 0.15) is 0 Å². The lowest BCUT2D eigenvalue weighted by Gasteiger charge is -2.56. The van der Waals surface area contributed by atoms with Crippen molar-refractivity contribution in [2.45, 2.75) is 57.2 Å². The molecule has 0 aromatic heterocycles. The van der Waals surface area contributed by atoms with Crippen molar-refractivity contribution in [2.75, 3.05) is 0 Å². The minimum absolute atomic E-state index is 0.0717. The van der Waals surface area contributed by atoms with E-state index >= 15 is 0 Å². The molecule has 0 aromatic rings. The minimum atomic E-state index is -0.823. The molecule has 1 spiro atoms. The first-order chi connectivity index (χ1) is 9.46. The number of carbonyl (C=O) groups is 1. The van der Waals surface area contributed by atoms with Crippen molar-refractivity contribution in [3.8, 4) is 0 Å². The molecule has 5 rings (SSSR count). The van der Waals surface area contributed by atoms with Gasteiger partial charge in [-0.3, -0.25) is 0 Å². The van der Waals surface area contributed by atoms with Crippen LogP contribution < -0.4 is 0 Å². The van der Waals surface area contributed by atoms with Gasteiger partial charge in [0.25, 0.3) is 0 Å². The molecule has 4 heterocycles. The number of rotatable bonds is 0. The molecule has 5 fully saturated rings. The first-order valence-electron chi connectivity index (χ1n) is 7.41. The van der Waals surface area contributed by atoms with Gasteiger partial charge in [0.15, 0.2) is 5.60 Å². The second-order valence-corrected chi connectivity index (χ2v) is 6.79. The van der Waals surface area contributed by atoms with Crippen LogP contribution >= 0.6 is 0 Å². The van der Waals surface area contributed by atoms with Crippen molar-refractivity contribution in [1.29, 1.82) is 0 Å². The van der Waals surface area contributed by atoms with E-state index in [4.69, 9.17) is 19.2 Å². The zero-order chi connectivity index (χ0) is 14.1. The molecule has 6 atom stereocenters. The molecule has 1 saturated carbocycles. The molecular weight excluding hydrogens is 260 g/mol. The fourth-order valence-corrected chi connectivity index (χ4v) is 4.46. The maximum absolute atomic E-state index is 12.0. The van der Waals surface area contributed by atoms with Gasteiger partial charge in [-0.05, 0) is 32.1 Å². The average Bonchev–Trinajstić information content (AvgIpc) is 2.63. The lowest BCUT2D eigenvalue weighted by atomic mass is 9.59. The van der Waals surface area contributed by atoms with Gasteiger partial charge < -0.3 is 9.47 Å². The minimum Gasteiger partial charge on any atom is -0.429 e. The Hall–Kier alpha value is -0.910. The van der Waals surface area contributed by atoms with Gasteiger partial charge in [0.2, 0.25) is 12.1 Å². The third-order valence-electron chi connectivity index (χ3n) is 5.62. The van der Waals surface area contributed by atoms with E-state index in [1.165, 1.54) is 0 Å². The van der Waals surface area contributed by atoms with Gasteiger partial charge in [0, 0.05) is 23.8 Å². The van der Waals surface area contributed by atoms with Crippen LogP contribution in [0, 0.1) is 17.8 Å². The van der Waals surface area contributed by atoms with E-state index in [-0.39, 0.29) is 17.8 Å². The number of hydrogen-bond acceptors (Lipinski definition) is 5. The maximum Gasteiger partial charge on any atom is 0.336 e. The smallest absolute Gasteiger partial charge is 0.336 e. The number of hydrogen-bond donors (Lipinski definition) is 0. The highest BCUT2D eigenvalue weighted by molar-refractivity contribution is 5.89. The van der Waals surface area contributed by atoms with Crippen LogP contribution in [0.1, 0.15) is 39.5 Å². The van der Waals surface area contributed by atoms with Crippen LogP contribution in [0.3, 0.4) is 0 Å². The second-order valence-electron chi connectivity index (χ2n) is 6.79. The van der Waals surface area contributed by atoms with Gasteiger partial charge in [-0.1, -0.05) is 13.5 Å². The van der Waals surface area contributed by atoms with Crippen LogP contribution in [-0.2, 0) is 24.0 Å². The van der Waals surface area contributed by atoms with Gasteiger partial charge in [-0.15, -0.1) is 0 Å². The number of ether oxygens (including phenoxy) is 2. The van der Waals surface area contributed by atoms with Crippen LogP contribution in [-0.4, -0.2) is 23.6 Å². The summed E-state index contributed by atoms with van der Waals surface area (Å²) in [6, 6.07) is 0. The topological polar surface area (TPSA) is 54.0 Å². The summed E-state index contributed by atoms with van der Waals surface area (Å²) < 4.78 is 11.5. The number of carbonyl (C=O) groups excluding carboxylic acids is 1. The summed E-state index contributed by atoms with van der Waals surface area (Å²) in [6.45, 7) is 8.00. The molecular formula is C15H20O5. The van der Waals surface area contributed by atoms with E-state index in [0.29, 0.717) is 11.5 Å². The molecule has 0 N–H and O–H groups in total. The van der Waals surface area contributed by atoms with Crippen LogP contribution in [0.15, 0.2) is 12.2 Å². The van der Waals surface area contributed by atoms with Gasteiger partial charge in [0.05, 0.1) is 0 Å². The van der Waals surface area contributed by atoms with Gasteiger partial charge >= 0.3 is 5.97 Å². The molecule has 110 valence electrons. The summed E-state index contributed by atoms with van der Waals surface area (Å²) in [5.74, 6) is -0.501. The Morgan fingerprint density at radius 1 is 1.25 bits per heavy atom. The van der Waals surface area contributed by atoms with Crippen molar-refractivity contribution in [1.82, 2.24) is 0 Å². The highest BCUT2D eigenvalue weighted by Gasteiger charge is 2.69. The lowest BCUT2D eigenvalue weighted by molar-refractivity contribution is -0.554. The molecule has 0 radical (unpaired) electrons. The van der Waals surface area contributed by atoms with E-state index in [2.05, 4.69) is 13.5 Å². The van der Waals surface area contributed by atoms with Crippen molar-refractivity contribution in [2.24, 2.45) is 17.8 Å². The predicted molar refractivity (Wildman–Crippen MR) is 68.0 cm³/mol. The summed E-state index contributed by atoms with van der Waals surface area (Å²) in [6.07, 6.45) is 2.95. The normalized spacial score (nSPS) is 54.1. The van der Waals surface area contributed by atoms with Crippen molar-refractivity contribution < 1.29 is 24.0 Å². The van der Waals surface area contributed by atoms with Crippen molar-refractivity contribution >= 4 is 5.97 Å². The third-order valence-corrected chi connectivity index (χ3v) is 5.62. The Kier molecular flexibility index (Phi) is 2.46. The molecule has 1 unspecified atom stereocenters. The fourth-order valence-electron chi connectivity index (χ4n) is 4.46. The summed E-state index contributed by atoms with van der Waals surface area (Å²) in [7, 11) is 0. The molecule has 5 nitrogen and oxygen atoms in total. The zero-order valence-electron chi connectivity index (χ0n) is 11.9. The zero-order valence-corrected chi connectivity index (χ0v) is 11.9. The van der Waals surface area contributed by atoms with E-state index < -0.39 is 17.7 Å². The predicted octanol–water partition coefficient (Wildman–Crippen LogP) is 2.32. The summed E-state index contributed by atoms with van der Waals surface area (Å²) in [4.78, 5) is 23.5. The Balaban J connectivity index is 1.86. The highest BCUT2D eigenvalue weighted by atomic mass is 17.3.